The van der Waals surface area contributed by atoms with E-state index < -0.39 is 0 Å². The number of hydrogen-bond acceptors (Lipinski definition) is 5. The molecule has 7 nitrogen and oxygen atoms in total. The number of aromatic nitrogens is 5. The Kier molecular flexibility index (Phi) is 3.04. The summed E-state index contributed by atoms with van der Waals surface area (Å²) in [5.74, 6) is 0.707. The zero-order chi connectivity index (χ0) is 15.8. The molecule has 4 aromatic rings. The maximum atomic E-state index is 12.6. The van der Waals surface area contributed by atoms with E-state index in [9.17, 15) is 4.79 Å². The quantitative estimate of drug-likeness (QED) is 0.578. The maximum absolute atomic E-state index is 12.6. The molecule has 3 heterocycles. The third kappa shape index (κ3) is 2.32. The van der Waals surface area contributed by atoms with Crippen LogP contribution in [0.25, 0.3) is 16.7 Å². The molecule has 0 unspecified atom stereocenters. The largest absolute Gasteiger partial charge is 0.361 e. The van der Waals surface area contributed by atoms with E-state index in [1.165, 1.54) is 10.9 Å². The second-order valence-electron chi connectivity index (χ2n) is 5.24. The van der Waals surface area contributed by atoms with E-state index >= 15 is 0 Å². The van der Waals surface area contributed by atoms with Crippen LogP contribution in [0.1, 0.15) is 11.5 Å². The summed E-state index contributed by atoms with van der Waals surface area (Å²) in [5.41, 5.74) is 1.92. The Morgan fingerprint density at radius 2 is 2.04 bits per heavy atom. The molecule has 1 aromatic carbocycles. The highest BCUT2D eigenvalue weighted by Crippen LogP contribution is 2.13. The van der Waals surface area contributed by atoms with Crippen LogP contribution in [-0.4, -0.2) is 24.5 Å². The predicted molar refractivity (Wildman–Crippen MR) is 83.5 cm³/mol. The third-order valence-electron chi connectivity index (χ3n) is 3.56. The summed E-state index contributed by atoms with van der Waals surface area (Å²) in [6, 6.07) is 11.4. The highest BCUT2D eigenvalue weighted by molar-refractivity contribution is 5.74. The zero-order valence-electron chi connectivity index (χ0n) is 12.4. The number of hydrogen-bond donors (Lipinski definition) is 0. The molecule has 3 aromatic heterocycles. The molecule has 0 atom stereocenters. The molecule has 0 radical (unpaired) electrons. The van der Waals surface area contributed by atoms with Gasteiger partial charge in [0.15, 0.2) is 5.65 Å². The van der Waals surface area contributed by atoms with E-state index in [-0.39, 0.29) is 5.56 Å². The summed E-state index contributed by atoms with van der Waals surface area (Å²) in [4.78, 5) is 17.0. The standard InChI is InChI=1S/C16H13N5O2/c1-11-7-12(19-23-11)9-20-10-17-15-14(16(20)22)8-18-21(15)13-5-3-2-4-6-13/h2-8,10H,9H2,1H3. The van der Waals surface area contributed by atoms with Gasteiger partial charge in [-0.15, -0.1) is 0 Å². The van der Waals surface area contributed by atoms with Crippen molar-refractivity contribution in [2.75, 3.05) is 0 Å². The lowest BCUT2D eigenvalue weighted by atomic mass is 10.3. The van der Waals surface area contributed by atoms with E-state index in [2.05, 4.69) is 15.2 Å². The summed E-state index contributed by atoms with van der Waals surface area (Å²) in [7, 11) is 0. The summed E-state index contributed by atoms with van der Waals surface area (Å²) >= 11 is 0. The summed E-state index contributed by atoms with van der Waals surface area (Å²) < 4.78 is 8.17. The minimum absolute atomic E-state index is 0.155. The van der Waals surface area contributed by atoms with Crippen LogP contribution in [-0.2, 0) is 6.54 Å². The van der Waals surface area contributed by atoms with Gasteiger partial charge in [-0.05, 0) is 19.1 Å². The van der Waals surface area contributed by atoms with Gasteiger partial charge >= 0.3 is 0 Å². The first-order valence-corrected chi connectivity index (χ1v) is 7.13. The van der Waals surface area contributed by atoms with Crippen molar-refractivity contribution in [3.8, 4) is 5.69 Å². The fourth-order valence-electron chi connectivity index (χ4n) is 2.49. The van der Waals surface area contributed by atoms with Crippen LogP contribution in [0, 0.1) is 6.92 Å². The van der Waals surface area contributed by atoms with Gasteiger partial charge in [0.05, 0.1) is 18.4 Å². The lowest BCUT2D eigenvalue weighted by molar-refractivity contribution is 0.388. The summed E-state index contributed by atoms with van der Waals surface area (Å²) in [5, 5.41) is 8.66. The van der Waals surface area contributed by atoms with Gasteiger partial charge in [-0.25, -0.2) is 9.67 Å². The molecule has 0 saturated carbocycles. The van der Waals surface area contributed by atoms with Crippen molar-refractivity contribution in [1.29, 1.82) is 0 Å². The van der Waals surface area contributed by atoms with Crippen LogP contribution >= 0.6 is 0 Å². The van der Waals surface area contributed by atoms with Gasteiger partial charge < -0.3 is 4.52 Å². The van der Waals surface area contributed by atoms with Crippen molar-refractivity contribution in [3.05, 3.63) is 70.7 Å². The normalized spacial score (nSPS) is 11.2. The second-order valence-corrected chi connectivity index (χ2v) is 5.24. The monoisotopic (exact) mass is 307 g/mol. The molecule has 0 aliphatic carbocycles. The van der Waals surface area contributed by atoms with Gasteiger partial charge in [0.25, 0.3) is 5.56 Å². The van der Waals surface area contributed by atoms with Crippen LogP contribution in [0.2, 0.25) is 0 Å². The molecule has 7 heteroatoms. The van der Waals surface area contributed by atoms with Crippen molar-refractivity contribution in [2.24, 2.45) is 0 Å². The van der Waals surface area contributed by atoms with E-state index in [0.29, 0.717) is 29.0 Å². The molecule has 114 valence electrons. The number of nitrogens with zero attached hydrogens (tertiary/aromatic N) is 5. The fraction of sp³-hybridized carbons (Fsp3) is 0.125. The number of benzene rings is 1. The average molecular weight is 307 g/mol. The van der Waals surface area contributed by atoms with Crippen LogP contribution < -0.4 is 5.56 Å². The molecule has 0 saturated heterocycles. The van der Waals surface area contributed by atoms with E-state index in [4.69, 9.17) is 4.52 Å². The lowest BCUT2D eigenvalue weighted by Crippen LogP contribution is -2.21. The topological polar surface area (TPSA) is 78.7 Å². The number of para-hydroxylation sites is 1. The summed E-state index contributed by atoms with van der Waals surface area (Å²) in [6.07, 6.45) is 3.05. The Morgan fingerprint density at radius 3 is 2.78 bits per heavy atom. The first-order valence-electron chi connectivity index (χ1n) is 7.13. The van der Waals surface area contributed by atoms with Crippen LogP contribution in [0.15, 0.2) is 58.2 Å². The number of aryl methyl sites for hydroxylation is 1. The predicted octanol–water partition coefficient (Wildman–Crippen LogP) is 1.93. The van der Waals surface area contributed by atoms with Gasteiger partial charge in [-0.1, -0.05) is 23.4 Å². The molecule has 0 bridgehead atoms. The Hall–Kier alpha value is -3.22. The van der Waals surface area contributed by atoms with E-state index in [0.717, 1.165) is 5.69 Å². The Morgan fingerprint density at radius 1 is 1.22 bits per heavy atom. The Balaban J connectivity index is 1.79. The number of fused-ring (bicyclic) bond motifs is 1. The van der Waals surface area contributed by atoms with Crippen LogP contribution in [0.4, 0.5) is 0 Å². The molecule has 0 aliphatic rings. The molecule has 23 heavy (non-hydrogen) atoms. The summed E-state index contributed by atoms with van der Waals surface area (Å²) in [6.45, 7) is 2.13. The lowest BCUT2D eigenvalue weighted by Gasteiger charge is -2.04. The second kappa shape index (κ2) is 5.20. The van der Waals surface area contributed by atoms with Crippen LogP contribution in [0.3, 0.4) is 0 Å². The van der Waals surface area contributed by atoms with Crippen molar-refractivity contribution >= 4 is 11.0 Å². The highest BCUT2D eigenvalue weighted by Gasteiger charge is 2.12. The van der Waals surface area contributed by atoms with Gasteiger partial charge in [-0.2, -0.15) is 5.10 Å². The molecule has 0 spiro atoms. The van der Waals surface area contributed by atoms with Gasteiger partial charge in [0.2, 0.25) is 0 Å². The molecular formula is C16H13N5O2. The maximum Gasteiger partial charge on any atom is 0.264 e. The van der Waals surface area contributed by atoms with Gasteiger partial charge in [0.1, 0.15) is 23.2 Å². The molecule has 0 amide bonds. The van der Waals surface area contributed by atoms with E-state index in [1.54, 1.807) is 16.9 Å². The molecule has 0 N–H and O–H groups in total. The third-order valence-corrected chi connectivity index (χ3v) is 3.56. The molecule has 4 rings (SSSR count). The van der Waals surface area contributed by atoms with Crippen molar-refractivity contribution in [1.82, 2.24) is 24.5 Å². The number of rotatable bonds is 3. The Labute approximate surface area is 130 Å². The van der Waals surface area contributed by atoms with Crippen molar-refractivity contribution in [2.45, 2.75) is 13.5 Å². The average Bonchev–Trinajstić information content (AvgIpc) is 3.17. The van der Waals surface area contributed by atoms with Crippen molar-refractivity contribution < 1.29 is 4.52 Å². The highest BCUT2D eigenvalue weighted by atomic mass is 16.5. The fourth-order valence-corrected chi connectivity index (χ4v) is 2.49. The minimum Gasteiger partial charge on any atom is -0.361 e. The van der Waals surface area contributed by atoms with Gasteiger partial charge in [-0.3, -0.25) is 9.36 Å². The first kappa shape index (κ1) is 13.4. The smallest absolute Gasteiger partial charge is 0.264 e. The van der Waals surface area contributed by atoms with Crippen molar-refractivity contribution in [3.63, 3.8) is 0 Å². The van der Waals surface area contributed by atoms with Gasteiger partial charge in [0, 0.05) is 6.07 Å². The molecule has 0 aliphatic heterocycles. The Bertz CT molecular complexity index is 1030. The molecule has 0 fully saturated rings. The van der Waals surface area contributed by atoms with Crippen LogP contribution in [0.5, 0.6) is 0 Å². The van der Waals surface area contributed by atoms with E-state index in [1.807, 2.05) is 37.3 Å². The molecular weight excluding hydrogens is 294 g/mol. The minimum atomic E-state index is -0.155. The first-order chi connectivity index (χ1) is 11.2. The zero-order valence-corrected chi connectivity index (χ0v) is 12.4. The SMILES string of the molecule is Cc1cc(Cn2cnc3c(cnn3-c3ccccc3)c2=O)no1.